The molecule has 1 aromatic heterocycles. The number of ether oxygens (including phenoxy) is 1. The van der Waals surface area contributed by atoms with Gasteiger partial charge in [-0.1, -0.05) is 115 Å². The Hall–Kier alpha value is -6.00. The van der Waals surface area contributed by atoms with Crippen molar-refractivity contribution in [3.8, 4) is 33.7 Å². The van der Waals surface area contributed by atoms with E-state index in [-0.39, 0.29) is 0 Å². The van der Waals surface area contributed by atoms with Crippen LogP contribution < -0.4 is 4.74 Å². The zero-order valence-electron chi connectivity index (χ0n) is 24.8. The molecule has 0 aliphatic carbocycles. The molecule has 214 valence electrons. The van der Waals surface area contributed by atoms with Crippen LogP contribution in [0.1, 0.15) is 11.1 Å². The predicted molar refractivity (Wildman–Crippen MR) is 188 cm³/mol. The number of aromatic nitrogens is 1. The van der Waals surface area contributed by atoms with E-state index in [1.165, 1.54) is 27.4 Å². The molecule has 0 radical (unpaired) electrons. The molecule has 4 nitrogen and oxygen atoms in total. The average Bonchev–Trinajstić information content (AvgIpc) is 3.65. The highest BCUT2D eigenvalue weighted by molar-refractivity contribution is 6.20. The third-order valence-corrected chi connectivity index (χ3v) is 8.55. The van der Waals surface area contributed by atoms with Crippen molar-refractivity contribution < 1.29 is 4.74 Å². The number of nitrogens with zero attached hydrogens (tertiary/aromatic N) is 3. The van der Waals surface area contributed by atoms with Crippen molar-refractivity contribution in [3.05, 3.63) is 162 Å². The molecule has 0 N–H and O–H groups in total. The summed E-state index contributed by atoms with van der Waals surface area (Å²) in [5.74, 6) is 1.41. The molecular weight excluding hydrogens is 550 g/mol. The molecular formula is C41H29N3O. The number of hydrogen-bond acceptors (Lipinski definition) is 3. The molecule has 0 spiro atoms. The number of para-hydroxylation sites is 3. The maximum Gasteiger partial charge on any atom is 0.179 e. The SMILES string of the molecule is C=N/C(=C1/Oc2c(cccc2-c2ccc(-c3ccc4c5ccccc5n(-c5ccccc5)c4c3)cc2)C1=NC)c1ccccc1. The van der Waals surface area contributed by atoms with E-state index in [0.717, 1.165) is 45.0 Å². The summed E-state index contributed by atoms with van der Waals surface area (Å²) in [4.78, 5) is 8.96. The van der Waals surface area contributed by atoms with Crippen molar-refractivity contribution in [2.24, 2.45) is 9.98 Å². The molecule has 4 heteroatoms. The number of benzene rings is 6. The molecule has 0 amide bonds. The fraction of sp³-hybridized carbons (Fsp3) is 0.0244. The molecule has 0 saturated carbocycles. The predicted octanol–water partition coefficient (Wildman–Crippen LogP) is 10.00. The Labute approximate surface area is 261 Å². The van der Waals surface area contributed by atoms with Gasteiger partial charge in [-0.05, 0) is 53.7 Å². The van der Waals surface area contributed by atoms with Gasteiger partial charge in [0, 0.05) is 40.2 Å². The van der Waals surface area contributed by atoms with Crippen molar-refractivity contribution in [3.63, 3.8) is 0 Å². The van der Waals surface area contributed by atoms with Gasteiger partial charge in [-0.25, -0.2) is 0 Å². The average molecular weight is 580 g/mol. The molecule has 2 heterocycles. The fourth-order valence-corrected chi connectivity index (χ4v) is 6.45. The molecule has 1 aliphatic rings. The monoisotopic (exact) mass is 579 g/mol. The van der Waals surface area contributed by atoms with Crippen LogP contribution in [0.3, 0.4) is 0 Å². The van der Waals surface area contributed by atoms with Crippen molar-refractivity contribution in [1.82, 2.24) is 4.57 Å². The van der Waals surface area contributed by atoms with E-state index in [1.54, 1.807) is 7.05 Å². The second kappa shape index (κ2) is 10.9. The van der Waals surface area contributed by atoms with Crippen LogP contribution >= 0.6 is 0 Å². The summed E-state index contributed by atoms with van der Waals surface area (Å²) in [6.45, 7) is 3.84. The third-order valence-electron chi connectivity index (χ3n) is 8.55. The lowest BCUT2D eigenvalue weighted by atomic mass is 9.97. The van der Waals surface area contributed by atoms with Gasteiger partial charge in [-0.15, -0.1) is 0 Å². The number of rotatable bonds is 5. The van der Waals surface area contributed by atoms with Gasteiger partial charge >= 0.3 is 0 Å². The topological polar surface area (TPSA) is 38.9 Å². The second-order valence-electron chi connectivity index (χ2n) is 11.1. The Morgan fingerprint density at radius 3 is 2.00 bits per heavy atom. The van der Waals surface area contributed by atoms with E-state index in [9.17, 15) is 0 Å². The van der Waals surface area contributed by atoms with E-state index < -0.39 is 0 Å². The molecule has 1 aliphatic heterocycles. The van der Waals surface area contributed by atoms with Crippen molar-refractivity contribution in [2.75, 3.05) is 7.05 Å². The first-order chi connectivity index (χ1) is 22.2. The minimum Gasteiger partial charge on any atom is -0.451 e. The van der Waals surface area contributed by atoms with Gasteiger partial charge in [-0.2, -0.15) is 0 Å². The Balaban J connectivity index is 1.20. The lowest BCUT2D eigenvalue weighted by Crippen LogP contribution is -2.04. The van der Waals surface area contributed by atoms with Crippen molar-refractivity contribution >= 4 is 39.9 Å². The first kappa shape index (κ1) is 26.6. The minimum absolute atomic E-state index is 0.625. The molecule has 0 bridgehead atoms. The molecule has 0 atom stereocenters. The van der Waals surface area contributed by atoms with Crippen LogP contribution in [0.15, 0.2) is 161 Å². The highest BCUT2D eigenvalue weighted by Crippen LogP contribution is 2.43. The lowest BCUT2D eigenvalue weighted by molar-refractivity contribution is 0.472. The Kier molecular flexibility index (Phi) is 6.46. The van der Waals surface area contributed by atoms with Crippen LogP contribution in [0.4, 0.5) is 0 Å². The lowest BCUT2D eigenvalue weighted by Gasteiger charge is -2.11. The third kappa shape index (κ3) is 4.38. The van der Waals surface area contributed by atoms with Crippen molar-refractivity contribution in [1.29, 1.82) is 0 Å². The summed E-state index contributed by atoms with van der Waals surface area (Å²) in [5.41, 5.74) is 11.3. The summed E-state index contributed by atoms with van der Waals surface area (Å²) >= 11 is 0. The highest BCUT2D eigenvalue weighted by Gasteiger charge is 2.30. The number of allylic oxidation sites excluding steroid dienone is 1. The molecule has 45 heavy (non-hydrogen) atoms. The largest absolute Gasteiger partial charge is 0.451 e. The first-order valence-corrected chi connectivity index (χ1v) is 15.0. The molecule has 6 aromatic carbocycles. The Bertz CT molecular complexity index is 2290. The van der Waals surface area contributed by atoms with Crippen LogP contribution in [0, 0.1) is 0 Å². The van der Waals surface area contributed by atoms with E-state index >= 15 is 0 Å². The maximum absolute atomic E-state index is 6.56. The molecule has 0 fully saturated rings. The van der Waals surface area contributed by atoms with Crippen LogP contribution in [0.25, 0.3) is 55.4 Å². The van der Waals surface area contributed by atoms with Crippen LogP contribution in [0.5, 0.6) is 5.75 Å². The van der Waals surface area contributed by atoms with E-state index in [4.69, 9.17) is 4.74 Å². The van der Waals surface area contributed by atoms with Gasteiger partial charge < -0.3 is 9.30 Å². The van der Waals surface area contributed by atoms with Gasteiger partial charge in [0.1, 0.15) is 17.2 Å². The summed E-state index contributed by atoms with van der Waals surface area (Å²) in [6, 6.07) is 50.8. The quantitative estimate of drug-likeness (QED) is 0.187. The fourth-order valence-electron chi connectivity index (χ4n) is 6.45. The minimum atomic E-state index is 0.625. The van der Waals surface area contributed by atoms with Gasteiger partial charge in [0.15, 0.2) is 5.76 Å². The number of fused-ring (bicyclic) bond motifs is 4. The smallest absolute Gasteiger partial charge is 0.179 e. The Morgan fingerprint density at radius 1 is 0.600 bits per heavy atom. The van der Waals surface area contributed by atoms with Crippen LogP contribution in [0.2, 0.25) is 0 Å². The van der Waals surface area contributed by atoms with E-state index in [0.29, 0.717) is 11.5 Å². The zero-order valence-corrected chi connectivity index (χ0v) is 24.8. The normalized spacial score (nSPS) is 14.5. The number of hydrogen-bond donors (Lipinski definition) is 0. The van der Waals surface area contributed by atoms with Crippen LogP contribution in [-0.2, 0) is 0 Å². The first-order valence-electron chi connectivity index (χ1n) is 15.0. The highest BCUT2D eigenvalue weighted by atomic mass is 16.5. The zero-order chi connectivity index (χ0) is 30.3. The number of aliphatic imine (C=N–C) groups is 2. The van der Waals surface area contributed by atoms with E-state index in [2.05, 4.69) is 137 Å². The summed E-state index contributed by atoms with van der Waals surface area (Å²) in [7, 11) is 1.79. The van der Waals surface area contributed by atoms with Crippen molar-refractivity contribution in [2.45, 2.75) is 0 Å². The second-order valence-corrected chi connectivity index (χ2v) is 11.1. The molecule has 0 unspecified atom stereocenters. The summed E-state index contributed by atoms with van der Waals surface area (Å²) in [6.07, 6.45) is 0. The molecule has 8 rings (SSSR count). The summed E-state index contributed by atoms with van der Waals surface area (Å²) < 4.78 is 8.92. The molecule has 0 saturated heterocycles. The Morgan fingerprint density at radius 2 is 1.24 bits per heavy atom. The van der Waals surface area contributed by atoms with Gasteiger partial charge in [-0.3, -0.25) is 9.98 Å². The van der Waals surface area contributed by atoms with Crippen LogP contribution in [-0.4, -0.2) is 24.0 Å². The van der Waals surface area contributed by atoms with Gasteiger partial charge in [0.2, 0.25) is 0 Å². The van der Waals surface area contributed by atoms with E-state index in [1.807, 2.05) is 30.3 Å². The van der Waals surface area contributed by atoms with Gasteiger partial charge in [0.05, 0.1) is 11.0 Å². The standard InChI is InChI=1S/C41H29N3O/c1-42-38(29-12-5-3-6-13-29)41-39(43-2)35-18-11-17-32(40(35)45-41)28-22-20-27(21-23-28)30-24-25-34-33-16-9-10-19-36(33)44(37(34)26-30)31-14-7-4-8-15-31/h3-26H,1H2,2H3/b41-38+,43-39?. The van der Waals surface area contributed by atoms with Gasteiger partial charge in [0.25, 0.3) is 0 Å². The summed E-state index contributed by atoms with van der Waals surface area (Å²) in [5, 5.41) is 2.50. The maximum atomic E-state index is 6.56. The molecule has 7 aromatic rings.